The Bertz CT molecular complexity index is 1050. The Balaban J connectivity index is 1.55. The first-order valence-electron chi connectivity index (χ1n) is 8.97. The van der Waals surface area contributed by atoms with Gasteiger partial charge in [0.15, 0.2) is 5.16 Å². The smallest absolute Gasteiger partial charge is 0.174 e. The maximum absolute atomic E-state index is 5.90. The summed E-state index contributed by atoms with van der Waals surface area (Å²) in [5.41, 5.74) is 2.28. The van der Waals surface area contributed by atoms with E-state index in [1.807, 2.05) is 12.3 Å². The van der Waals surface area contributed by atoms with Crippen molar-refractivity contribution in [3.63, 3.8) is 0 Å². The van der Waals surface area contributed by atoms with Gasteiger partial charge in [0.1, 0.15) is 16.2 Å². The van der Waals surface area contributed by atoms with E-state index in [1.165, 1.54) is 5.56 Å². The molecule has 0 spiro atoms. The van der Waals surface area contributed by atoms with Gasteiger partial charge in [-0.05, 0) is 41.6 Å². The zero-order chi connectivity index (χ0) is 18.1. The van der Waals surface area contributed by atoms with Crippen molar-refractivity contribution >= 4 is 33.3 Å². The molecule has 136 valence electrons. The van der Waals surface area contributed by atoms with E-state index < -0.39 is 0 Å². The monoisotopic (exact) mass is 394 g/mol. The molecule has 3 aromatic heterocycles. The van der Waals surface area contributed by atoms with E-state index in [9.17, 15) is 0 Å². The van der Waals surface area contributed by atoms with E-state index in [1.54, 1.807) is 29.4 Å². The molecule has 0 saturated carbocycles. The lowest BCUT2D eigenvalue weighted by Gasteiger charge is -2.16. The Morgan fingerprint density at radius 2 is 2.07 bits per heavy atom. The minimum atomic E-state index is 0.243. The van der Waals surface area contributed by atoms with Crippen LogP contribution < -0.4 is 0 Å². The third kappa shape index (κ3) is 3.38. The van der Waals surface area contributed by atoms with Crippen LogP contribution in [0.5, 0.6) is 0 Å². The zero-order valence-corrected chi connectivity index (χ0v) is 16.2. The molecule has 5 nitrogen and oxygen atoms in total. The topological polar surface area (TPSA) is 52.8 Å². The van der Waals surface area contributed by atoms with Crippen LogP contribution in [0.15, 0.2) is 64.5 Å². The quantitative estimate of drug-likeness (QED) is 0.451. The molecule has 1 aromatic carbocycles. The van der Waals surface area contributed by atoms with Crippen LogP contribution in [0.1, 0.15) is 12.8 Å². The van der Waals surface area contributed by atoms with Crippen molar-refractivity contribution in [1.82, 2.24) is 19.5 Å². The van der Waals surface area contributed by atoms with Gasteiger partial charge in [0, 0.05) is 12.0 Å². The Labute approximate surface area is 165 Å². The maximum atomic E-state index is 5.90. The minimum Gasteiger partial charge on any atom is -0.376 e. The molecule has 1 saturated heterocycles. The molecule has 1 aliphatic heterocycles. The highest BCUT2D eigenvalue weighted by atomic mass is 32.2. The van der Waals surface area contributed by atoms with Crippen LogP contribution in [0.3, 0.4) is 0 Å². The fourth-order valence-corrected chi connectivity index (χ4v) is 5.12. The van der Waals surface area contributed by atoms with Crippen molar-refractivity contribution in [3.05, 3.63) is 54.3 Å². The minimum absolute atomic E-state index is 0.243. The number of thiophene rings is 1. The van der Waals surface area contributed by atoms with Crippen LogP contribution in [0.25, 0.3) is 21.5 Å². The van der Waals surface area contributed by atoms with E-state index in [2.05, 4.69) is 50.2 Å². The molecule has 0 aliphatic carbocycles. The second-order valence-corrected chi connectivity index (χ2v) is 8.31. The lowest BCUT2D eigenvalue weighted by molar-refractivity contribution is 0.0954. The standard InChI is InChI=1S/C20H18N4OS2/c1-2-5-14(6-3-1)17-11-21-20(24(17)12-15-7-4-9-25-15)27-19-16-8-10-26-18(16)22-13-23-19/h1-3,5-6,8,10-11,13,15H,4,7,9,12H2. The molecule has 0 N–H and O–H groups in total. The number of fused-ring (bicyclic) bond motifs is 1. The van der Waals surface area contributed by atoms with Crippen LogP contribution >= 0.6 is 23.1 Å². The summed E-state index contributed by atoms with van der Waals surface area (Å²) in [4.78, 5) is 14.6. The van der Waals surface area contributed by atoms with Gasteiger partial charge < -0.3 is 9.30 Å². The molecule has 1 unspecified atom stereocenters. The first-order valence-corrected chi connectivity index (χ1v) is 10.7. The van der Waals surface area contributed by atoms with E-state index in [0.717, 1.165) is 52.1 Å². The van der Waals surface area contributed by atoms with E-state index in [4.69, 9.17) is 9.72 Å². The molecule has 0 bridgehead atoms. The second-order valence-electron chi connectivity index (χ2n) is 6.46. The Kier molecular flexibility index (Phi) is 4.65. The molecule has 27 heavy (non-hydrogen) atoms. The highest BCUT2D eigenvalue weighted by molar-refractivity contribution is 7.99. The van der Waals surface area contributed by atoms with Crippen LogP contribution in [-0.4, -0.2) is 32.2 Å². The van der Waals surface area contributed by atoms with Crippen LogP contribution in [0, 0.1) is 0 Å². The molecule has 4 heterocycles. The van der Waals surface area contributed by atoms with E-state index in [-0.39, 0.29) is 6.10 Å². The number of hydrogen-bond donors (Lipinski definition) is 0. The average molecular weight is 395 g/mol. The number of nitrogens with zero attached hydrogens (tertiary/aromatic N) is 4. The van der Waals surface area contributed by atoms with Gasteiger partial charge in [-0.15, -0.1) is 11.3 Å². The average Bonchev–Trinajstić information content (AvgIpc) is 3.45. The number of imidazole rings is 1. The van der Waals surface area contributed by atoms with Gasteiger partial charge in [-0.1, -0.05) is 30.3 Å². The maximum Gasteiger partial charge on any atom is 0.174 e. The molecule has 1 aliphatic rings. The third-order valence-corrected chi connectivity index (χ3v) is 6.56. The summed E-state index contributed by atoms with van der Waals surface area (Å²) < 4.78 is 8.17. The molecule has 4 aromatic rings. The Hall–Kier alpha value is -2.22. The first-order chi connectivity index (χ1) is 13.4. The number of benzene rings is 1. The van der Waals surface area contributed by atoms with Crippen molar-refractivity contribution in [1.29, 1.82) is 0 Å². The van der Waals surface area contributed by atoms with Crippen molar-refractivity contribution in [2.75, 3.05) is 6.61 Å². The summed E-state index contributed by atoms with van der Waals surface area (Å²) in [6.45, 7) is 1.66. The molecule has 5 rings (SSSR count). The van der Waals surface area contributed by atoms with Gasteiger partial charge >= 0.3 is 0 Å². The molecular weight excluding hydrogens is 376 g/mol. The molecule has 0 radical (unpaired) electrons. The van der Waals surface area contributed by atoms with Gasteiger partial charge in [0.05, 0.1) is 24.5 Å². The second kappa shape index (κ2) is 7.42. The van der Waals surface area contributed by atoms with Gasteiger partial charge in [-0.3, -0.25) is 0 Å². The van der Waals surface area contributed by atoms with Gasteiger partial charge in [-0.25, -0.2) is 15.0 Å². The summed E-state index contributed by atoms with van der Waals surface area (Å²) in [6, 6.07) is 12.5. The first kappa shape index (κ1) is 16.9. The van der Waals surface area contributed by atoms with E-state index in [0.29, 0.717) is 0 Å². The lowest BCUT2D eigenvalue weighted by Crippen LogP contribution is -2.16. The zero-order valence-electron chi connectivity index (χ0n) is 14.6. The predicted octanol–water partition coefficient (Wildman–Crippen LogP) is 4.89. The summed E-state index contributed by atoms with van der Waals surface area (Å²) in [7, 11) is 0. The molecular formula is C20H18N4OS2. The third-order valence-electron chi connectivity index (χ3n) is 4.71. The fraction of sp³-hybridized carbons (Fsp3) is 0.250. The van der Waals surface area contributed by atoms with Gasteiger partial charge in [0.25, 0.3) is 0 Å². The molecule has 7 heteroatoms. The molecule has 0 amide bonds. The van der Waals surface area contributed by atoms with Crippen molar-refractivity contribution in [2.24, 2.45) is 0 Å². The SMILES string of the molecule is c1ccc(-c2cnc(Sc3ncnc4sccc34)n2CC2CCCO2)cc1. The fourth-order valence-electron chi connectivity index (χ4n) is 3.38. The van der Waals surface area contributed by atoms with Crippen molar-refractivity contribution < 1.29 is 4.74 Å². The largest absolute Gasteiger partial charge is 0.376 e. The van der Waals surface area contributed by atoms with Crippen LogP contribution in [-0.2, 0) is 11.3 Å². The molecule has 1 atom stereocenters. The van der Waals surface area contributed by atoms with Crippen LogP contribution in [0.4, 0.5) is 0 Å². The lowest BCUT2D eigenvalue weighted by atomic mass is 10.1. The number of hydrogen-bond acceptors (Lipinski definition) is 6. The summed E-state index contributed by atoms with van der Waals surface area (Å²) in [6.07, 6.45) is 6.06. The Morgan fingerprint density at radius 1 is 1.15 bits per heavy atom. The van der Waals surface area contributed by atoms with Gasteiger partial charge in [0.2, 0.25) is 0 Å². The Morgan fingerprint density at radius 3 is 2.93 bits per heavy atom. The highest BCUT2D eigenvalue weighted by Gasteiger charge is 2.21. The predicted molar refractivity (Wildman–Crippen MR) is 108 cm³/mol. The number of aromatic nitrogens is 4. The van der Waals surface area contributed by atoms with Crippen LogP contribution in [0.2, 0.25) is 0 Å². The van der Waals surface area contributed by atoms with E-state index >= 15 is 0 Å². The summed E-state index contributed by atoms with van der Waals surface area (Å²) >= 11 is 3.23. The van der Waals surface area contributed by atoms with Crippen molar-refractivity contribution in [2.45, 2.75) is 35.7 Å². The normalized spacial score (nSPS) is 17.0. The van der Waals surface area contributed by atoms with Crippen molar-refractivity contribution in [3.8, 4) is 11.3 Å². The number of rotatable bonds is 5. The number of ether oxygens (including phenoxy) is 1. The summed E-state index contributed by atoms with van der Waals surface area (Å²) in [5.74, 6) is 0. The summed E-state index contributed by atoms with van der Waals surface area (Å²) in [5, 5.41) is 5.02. The highest BCUT2D eigenvalue weighted by Crippen LogP contribution is 2.35. The van der Waals surface area contributed by atoms with Gasteiger partial charge in [-0.2, -0.15) is 0 Å². The molecule has 1 fully saturated rings.